The fourth-order valence-corrected chi connectivity index (χ4v) is 3.42. The summed E-state index contributed by atoms with van der Waals surface area (Å²) in [5.41, 5.74) is 0.638. The van der Waals surface area contributed by atoms with E-state index in [9.17, 15) is 13.6 Å². The van der Waals surface area contributed by atoms with E-state index in [1.165, 1.54) is 52.6 Å². The first-order valence-corrected chi connectivity index (χ1v) is 9.13. The van der Waals surface area contributed by atoms with Crippen LogP contribution in [0, 0.1) is 11.6 Å². The number of fused-ring (bicyclic) bond motifs is 1. The van der Waals surface area contributed by atoms with E-state index in [1.807, 2.05) is 19.0 Å². The van der Waals surface area contributed by atoms with E-state index in [2.05, 4.69) is 4.98 Å². The summed E-state index contributed by atoms with van der Waals surface area (Å²) < 4.78 is 32.6. The molecule has 0 aliphatic rings. The Hall–Kier alpha value is -2.29. The Morgan fingerprint density at radius 2 is 1.75 bits per heavy atom. The molecule has 2 aromatic carbocycles. The number of likely N-dealkylation sites (N-methyl/N-ethyl adjacent to an activating group) is 1. The highest BCUT2D eigenvalue weighted by Crippen LogP contribution is 2.29. The first-order valence-electron chi connectivity index (χ1n) is 8.32. The van der Waals surface area contributed by atoms with Crippen molar-refractivity contribution in [3.8, 4) is 5.75 Å². The van der Waals surface area contributed by atoms with Gasteiger partial charge in [-0.3, -0.25) is 9.69 Å². The zero-order chi connectivity index (χ0) is 19.4. The summed E-state index contributed by atoms with van der Waals surface area (Å²) in [5, 5.41) is 0.491. The van der Waals surface area contributed by atoms with Crippen LogP contribution in [0.5, 0.6) is 5.75 Å². The van der Waals surface area contributed by atoms with Gasteiger partial charge in [0.1, 0.15) is 17.4 Å². The van der Waals surface area contributed by atoms with Crippen LogP contribution in [0.15, 0.2) is 42.5 Å². The average Bonchev–Trinajstić information content (AvgIpc) is 3.03. The van der Waals surface area contributed by atoms with Crippen LogP contribution in [-0.2, 0) is 4.79 Å². The van der Waals surface area contributed by atoms with E-state index in [0.717, 1.165) is 0 Å². The van der Waals surface area contributed by atoms with Gasteiger partial charge in [0.2, 0.25) is 0 Å². The van der Waals surface area contributed by atoms with Gasteiger partial charge < -0.3 is 9.64 Å². The molecule has 0 aliphatic carbocycles. The van der Waals surface area contributed by atoms with Crippen LogP contribution >= 0.6 is 23.7 Å². The van der Waals surface area contributed by atoms with Gasteiger partial charge >= 0.3 is 0 Å². The van der Waals surface area contributed by atoms with Crippen molar-refractivity contribution in [2.75, 3.05) is 38.7 Å². The van der Waals surface area contributed by atoms with Gasteiger partial charge in [-0.05, 0) is 56.6 Å². The van der Waals surface area contributed by atoms with Gasteiger partial charge in [0.15, 0.2) is 11.7 Å². The van der Waals surface area contributed by atoms with Gasteiger partial charge in [-0.15, -0.1) is 12.4 Å². The highest BCUT2D eigenvalue weighted by atomic mass is 35.5. The summed E-state index contributed by atoms with van der Waals surface area (Å²) in [4.78, 5) is 20.7. The zero-order valence-electron chi connectivity index (χ0n) is 15.4. The van der Waals surface area contributed by atoms with Crippen LogP contribution in [0.25, 0.3) is 10.2 Å². The predicted octanol–water partition coefficient (Wildman–Crippen LogP) is 3.97. The molecule has 0 aliphatic heterocycles. The monoisotopic (exact) mass is 427 g/mol. The number of carbonyl (C=O) groups is 1. The maximum atomic E-state index is 13.4. The number of halogens is 3. The molecule has 150 valence electrons. The van der Waals surface area contributed by atoms with Crippen LogP contribution in [0.2, 0.25) is 0 Å². The first-order chi connectivity index (χ1) is 12.9. The molecule has 0 unspecified atom stereocenters. The van der Waals surface area contributed by atoms with Crippen molar-refractivity contribution in [2.24, 2.45) is 0 Å². The second-order valence-corrected chi connectivity index (χ2v) is 7.21. The van der Waals surface area contributed by atoms with Gasteiger partial charge in [-0.2, -0.15) is 0 Å². The topological polar surface area (TPSA) is 45.7 Å². The number of carbonyl (C=O) groups excluding carboxylic acids is 1. The first kappa shape index (κ1) is 22.0. The summed E-state index contributed by atoms with van der Waals surface area (Å²) in [6.07, 6.45) is 0. The van der Waals surface area contributed by atoms with Crippen molar-refractivity contribution in [3.63, 3.8) is 0 Å². The molecule has 0 saturated heterocycles. The number of hydrogen-bond donors (Lipinski definition) is 0. The number of amides is 1. The fraction of sp³-hybridized carbons (Fsp3) is 0.263. The number of hydrogen-bond acceptors (Lipinski definition) is 5. The molecule has 1 aromatic heterocycles. The smallest absolute Gasteiger partial charge is 0.266 e. The minimum absolute atomic E-state index is 0. The molecule has 1 heterocycles. The summed E-state index contributed by atoms with van der Waals surface area (Å²) in [5.74, 6) is -0.587. The highest BCUT2D eigenvalue weighted by molar-refractivity contribution is 7.22. The molecule has 3 aromatic rings. The van der Waals surface area contributed by atoms with Crippen LogP contribution in [0.3, 0.4) is 0 Å². The summed E-state index contributed by atoms with van der Waals surface area (Å²) >= 11 is 1.25. The SMILES string of the molecule is CN(C)CCN(C(=O)COc1ccc(F)cc1)c1nc2ccc(F)cc2s1.Cl. The van der Waals surface area contributed by atoms with Crippen molar-refractivity contribution < 1.29 is 18.3 Å². The average molecular weight is 428 g/mol. The lowest BCUT2D eigenvalue weighted by Crippen LogP contribution is -2.39. The van der Waals surface area contributed by atoms with Gasteiger partial charge in [-0.1, -0.05) is 11.3 Å². The standard InChI is InChI=1S/C19H19F2N3O2S.ClH/c1-23(2)9-10-24(18(25)12-26-15-6-3-13(20)4-7-15)19-22-16-8-5-14(21)11-17(16)27-19;/h3-8,11H,9-10,12H2,1-2H3;1H. The Bertz CT molecular complexity index is 935. The van der Waals surface area contributed by atoms with Crippen LogP contribution in [0.1, 0.15) is 0 Å². The molecule has 3 rings (SSSR count). The molecular formula is C19H20ClF2N3O2S. The third-order valence-electron chi connectivity index (χ3n) is 3.82. The van der Waals surface area contributed by atoms with Gasteiger partial charge in [0.05, 0.1) is 10.2 Å². The predicted molar refractivity (Wildman–Crippen MR) is 110 cm³/mol. The van der Waals surface area contributed by atoms with Crippen LogP contribution in [-0.4, -0.2) is 49.6 Å². The minimum Gasteiger partial charge on any atom is -0.484 e. The molecule has 0 bridgehead atoms. The Kier molecular flexibility index (Phi) is 7.68. The van der Waals surface area contributed by atoms with Gasteiger partial charge in [0.25, 0.3) is 5.91 Å². The Labute approximate surface area is 171 Å². The number of aromatic nitrogens is 1. The zero-order valence-corrected chi connectivity index (χ0v) is 17.0. The number of benzene rings is 2. The fourth-order valence-electron chi connectivity index (χ4n) is 2.38. The number of nitrogens with zero attached hydrogens (tertiary/aromatic N) is 3. The van der Waals surface area contributed by atoms with Crippen molar-refractivity contribution in [3.05, 3.63) is 54.1 Å². The van der Waals surface area contributed by atoms with Crippen molar-refractivity contribution in [1.82, 2.24) is 9.88 Å². The van der Waals surface area contributed by atoms with Gasteiger partial charge in [0, 0.05) is 13.1 Å². The maximum absolute atomic E-state index is 13.4. The number of rotatable bonds is 7. The molecule has 1 amide bonds. The Morgan fingerprint density at radius 1 is 1.07 bits per heavy atom. The van der Waals surface area contributed by atoms with E-state index < -0.39 is 0 Å². The summed E-state index contributed by atoms with van der Waals surface area (Å²) in [6, 6.07) is 9.81. The molecule has 0 N–H and O–H groups in total. The third kappa shape index (κ3) is 5.60. The minimum atomic E-state index is -0.372. The lowest BCUT2D eigenvalue weighted by molar-refractivity contribution is -0.120. The van der Waals surface area contributed by atoms with Crippen LogP contribution < -0.4 is 9.64 Å². The summed E-state index contributed by atoms with van der Waals surface area (Å²) in [7, 11) is 3.82. The molecule has 9 heteroatoms. The molecule has 5 nitrogen and oxygen atoms in total. The van der Waals surface area contributed by atoms with Gasteiger partial charge in [-0.25, -0.2) is 13.8 Å². The number of anilines is 1. The van der Waals surface area contributed by atoms with Crippen molar-refractivity contribution in [1.29, 1.82) is 0 Å². The lowest BCUT2D eigenvalue weighted by atomic mass is 10.3. The molecule has 0 atom stereocenters. The van der Waals surface area contributed by atoms with Crippen LogP contribution in [0.4, 0.5) is 13.9 Å². The Balaban J connectivity index is 0.00000280. The largest absolute Gasteiger partial charge is 0.484 e. The second-order valence-electron chi connectivity index (χ2n) is 6.20. The molecule has 0 spiro atoms. The van der Waals surface area contributed by atoms with Crippen molar-refractivity contribution in [2.45, 2.75) is 0 Å². The van der Waals surface area contributed by atoms with E-state index in [-0.39, 0.29) is 36.6 Å². The second kappa shape index (κ2) is 9.77. The maximum Gasteiger partial charge on any atom is 0.266 e. The molecule has 28 heavy (non-hydrogen) atoms. The molecule has 0 saturated carbocycles. The van der Waals surface area contributed by atoms with E-state index >= 15 is 0 Å². The quantitative estimate of drug-likeness (QED) is 0.572. The molecule has 0 fully saturated rings. The normalized spacial score (nSPS) is 10.8. The Morgan fingerprint density at radius 3 is 2.43 bits per heavy atom. The van der Waals surface area contributed by atoms with E-state index in [1.54, 1.807) is 6.07 Å². The number of ether oxygens (including phenoxy) is 1. The number of thiazole rings is 1. The summed E-state index contributed by atoms with van der Waals surface area (Å²) in [6.45, 7) is 0.844. The van der Waals surface area contributed by atoms with Crippen molar-refractivity contribution >= 4 is 45.0 Å². The third-order valence-corrected chi connectivity index (χ3v) is 4.86. The lowest BCUT2D eigenvalue weighted by Gasteiger charge is -2.22. The van der Waals surface area contributed by atoms with E-state index in [4.69, 9.17) is 4.74 Å². The molecular weight excluding hydrogens is 408 g/mol. The highest BCUT2D eigenvalue weighted by Gasteiger charge is 2.20. The molecule has 0 radical (unpaired) electrons. The van der Waals surface area contributed by atoms with E-state index in [0.29, 0.717) is 34.2 Å².